The Bertz CT molecular complexity index is 660. The zero-order chi connectivity index (χ0) is 17.5. The lowest BCUT2D eigenvalue weighted by atomic mass is 10.0. The van der Waals surface area contributed by atoms with Gasteiger partial charge in [0.05, 0.1) is 6.04 Å². The number of amides is 1. The highest BCUT2D eigenvalue weighted by Crippen LogP contribution is 2.17. The molecule has 1 N–H and O–H groups in total. The van der Waals surface area contributed by atoms with Crippen LogP contribution in [0.3, 0.4) is 0 Å². The Balaban J connectivity index is 1.86. The molecule has 1 amide bonds. The predicted molar refractivity (Wildman–Crippen MR) is 100 cm³/mol. The molecule has 0 spiro atoms. The fourth-order valence-electron chi connectivity index (χ4n) is 2.53. The fraction of sp³-hybridized carbons (Fsp3) is 0.350. The minimum atomic E-state index is -0.218. The largest absolute Gasteiger partial charge is 0.354 e. The van der Waals surface area contributed by atoms with Gasteiger partial charge >= 0.3 is 0 Å². The summed E-state index contributed by atoms with van der Waals surface area (Å²) in [6.45, 7) is 5.31. The van der Waals surface area contributed by atoms with Gasteiger partial charge in [-0.05, 0) is 37.1 Å². The lowest BCUT2D eigenvalue weighted by Gasteiger charge is -2.25. The molecule has 3 nitrogen and oxygen atoms in total. The topological polar surface area (TPSA) is 32.3 Å². The van der Waals surface area contributed by atoms with Gasteiger partial charge < -0.3 is 5.32 Å². The summed E-state index contributed by atoms with van der Waals surface area (Å²) in [5.74, 6) is 0.323. The summed E-state index contributed by atoms with van der Waals surface area (Å²) in [4.78, 5) is 14.4. The number of nitrogens with one attached hydrogen (secondary N) is 1. The van der Waals surface area contributed by atoms with Gasteiger partial charge in [0, 0.05) is 18.1 Å². The maximum Gasteiger partial charge on any atom is 0.237 e. The van der Waals surface area contributed by atoms with Crippen molar-refractivity contribution in [3.8, 4) is 0 Å². The highest BCUT2D eigenvalue weighted by atomic mass is 35.5. The first-order chi connectivity index (χ1) is 11.5. The smallest absolute Gasteiger partial charge is 0.237 e. The molecular weight excluding hydrogens is 320 g/mol. The maximum atomic E-state index is 12.4. The number of benzene rings is 2. The van der Waals surface area contributed by atoms with E-state index in [1.807, 2.05) is 61.3 Å². The normalized spacial score (nSPS) is 13.5. The Morgan fingerprint density at radius 1 is 1.08 bits per heavy atom. The van der Waals surface area contributed by atoms with Crippen LogP contribution in [0.4, 0.5) is 0 Å². The minimum absolute atomic E-state index is 0.0346. The van der Waals surface area contributed by atoms with Crippen molar-refractivity contribution in [2.75, 3.05) is 13.6 Å². The van der Waals surface area contributed by atoms with Gasteiger partial charge in [-0.3, -0.25) is 9.69 Å². The summed E-state index contributed by atoms with van der Waals surface area (Å²) in [6, 6.07) is 17.7. The Labute approximate surface area is 149 Å². The summed E-state index contributed by atoms with van der Waals surface area (Å²) in [6.07, 6.45) is 0. The SMILES string of the molecule is CC(CNC(=O)C(C)N(C)Cc1ccccc1Cl)c1ccccc1. The van der Waals surface area contributed by atoms with E-state index in [1.165, 1.54) is 5.56 Å². The quantitative estimate of drug-likeness (QED) is 0.820. The maximum absolute atomic E-state index is 12.4. The molecule has 2 aromatic rings. The molecule has 2 unspecified atom stereocenters. The van der Waals surface area contributed by atoms with Crippen LogP contribution in [0.2, 0.25) is 5.02 Å². The lowest BCUT2D eigenvalue weighted by molar-refractivity contribution is -0.125. The minimum Gasteiger partial charge on any atom is -0.354 e. The van der Waals surface area contributed by atoms with Crippen LogP contribution in [-0.4, -0.2) is 30.4 Å². The summed E-state index contributed by atoms with van der Waals surface area (Å²) in [5.41, 5.74) is 2.26. The van der Waals surface area contributed by atoms with Crippen molar-refractivity contribution in [1.29, 1.82) is 0 Å². The number of hydrogen-bond acceptors (Lipinski definition) is 2. The van der Waals surface area contributed by atoms with Gasteiger partial charge in [-0.25, -0.2) is 0 Å². The van der Waals surface area contributed by atoms with E-state index in [0.717, 1.165) is 10.6 Å². The molecule has 0 aliphatic heterocycles. The fourth-order valence-corrected chi connectivity index (χ4v) is 2.73. The highest BCUT2D eigenvalue weighted by Gasteiger charge is 2.19. The average molecular weight is 345 g/mol. The molecule has 0 saturated carbocycles. The van der Waals surface area contributed by atoms with Gasteiger partial charge in [-0.15, -0.1) is 0 Å². The van der Waals surface area contributed by atoms with E-state index >= 15 is 0 Å². The summed E-state index contributed by atoms with van der Waals surface area (Å²) in [5, 5.41) is 3.78. The second-order valence-electron chi connectivity index (χ2n) is 6.24. The molecule has 0 fully saturated rings. The molecule has 0 heterocycles. The van der Waals surface area contributed by atoms with Crippen LogP contribution < -0.4 is 5.32 Å². The third kappa shape index (κ3) is 5.08. The molecule has 24 heavy (non-hydrogen) atoms. The molecular formula is C20H25ClN2O. The van der Waals surface area contributed by atoms with Crippen molar-refractivity contribution in [2.24, 2.45) is 0 Å². The third-order valence-electron chi connectivity index (χ3n) is 4.37. The van der Waals surface area contributed by atoms with Crippen molar-refractivity contribution in [1.82, 2.24) is 10.2 Å². The van der Waals surface area contributed by atoms with Crippen LogP contribution in [0.1, 0.15) is 30.9 Å². The molecule has 0 aliphatic carbocycles. The number of likely N-dealkylation sites (N-methyl/N-ethyl adjacent to an activating group) is 1. The second kappa shape index (κ2) is 8.86. The molecule has 128 valence electrons. The standard InChI is InChI=1S/C20H25ClN2O/c1-15(17-9-5-4-6-10-17)13-22-20(24)16(2)23(3)14-18-11-7-8-12-19(18)21/h4-12,15-16H,13-14H2,1-3H3,(H,22,24). The average Bonchev–Trinajstić information content (AvgIpc) is 2.61. The summed E-state index contributed by atoms with van der Waals surface area (Å²) >= 11 is 6.20. The molecule has 2 rings (SSSR count). The Morgan fingerprint density at radius 2 is 1.71 bits per heavy atom. The Kier molecular flexibility index (Phi) is 6.83. The van der Waals surface area contributed by atoms with Crippen LogP contribution in [0.5, 0.6) is 0 Å². The van der Waals surface area contributed by atoms with E-state index in [0.29, 0.717) is 13.1 Å². The first kappa shape index (κ1) is 18.5. The first-order valence-electron chi connectivity index (χ1n) is 8.25. The molecule has 0 aliphatic rings. The van der Waals surface area contributed by atoms with Gasteiger partial charge in [-0.1, -0.05) is 67.1 Å². The van der Waals surface area contributed by atoms with Crippen LogP contribution in [0.25, 0.3) is 0 Å². The van der Waals surface area contributed by atoms with E-state index in [4.69, 9.17) is 11.6 Å². The Hall–Kier alpha value is -1.84. The molecule has 0 saturated heterocycles. The zero-order valence-corrected chi connectivity index (χ0v) is 15.3. The van der Waals surface area contributed by atoms with Gasteiger partial charge in [0.2, 0.25) is 5.91 Å². The third-order valence-corrected chi connectivity index (χ3v) is 4.74. The molecule has 0 bridgehead atoms. The summed E-state index contributed by atoms with van der Waals surface area (Å²) < 4.78 is 0. The number of rotatable bonds is 7. The highest BCUT2D eigenvalue weighted by molar-refractivity contribution is 6.31. The van der Waals surface area contributed by atoms with Crippen LogP contribution in [-0.2, 0) is 11.3 Å². The number of nitrogens with zero attached hydrogens (tertiary/aromatic N) is 1. The van der Waals surface area contributed by atoms with Crippen LogP contribution in [0.15, 0.2) is 54.6 Å². The van der Waals surface area contributed by atoms with Crippen LogP contribution in [0, 0.1) is 0 Å². The lowest BCUT2D eigenvalue weighted by Crippen LogP contribution is -2.43. The number of carbonyl (C=O) groups excluding carboxylic acids is 1. The van der Waals surface area contributed by atoms with Gasteiger partial charge in [0.15, 0.2) is 0 Å². The van der Waals surface area contributed by atoms with Crippen LogP contribution >= 0.6 is 11.6 Å². The predicted octanol–water partition coefficient (Wildman–Crippen LogP) is 4.08. The molecule has 2 aromatic carbocycles. The first-order valence-corrected chi connectivity index (χ1v) is 8.63. The zero-order valence-electron chi connectivity index (χ0n) is 14.5. The Morgan fingerprint density at radius 3 is 2.38 bits per heavy atom. The summed E-state index contributed by atoms with van der Waals surface area (Å²) in [7, 11) is 1.94. The number of hydrogen-bond donors (Lipinski definition) is 1. The monoisotopic (exact) mass is 344 g/mol. The molecule has 0 radical (unpaired) electrons. The van der Waals surface area contributed by atoms with Gasteiger partial charge in [-0.2, -0.15) is 0 Å². The van der Waals surface area contributed by atoms with E-state index in [2.05, 4.69) is 24.4 Å². The second-order valence-corrected chi connectivity index (χ2v) is 6.65. The van der Waals surface area contributed by atoms with Crippen molar-refractivity contribution in [2.45, 2.75) is 32.4 Å². The van der Waals surface area contributed by atoms with Crippen molar-refractivity contribution in [3.05, 3.63) is 70.7 Å². The van der Waals surface area contributed by atoms with Crippen molar-refractivity contribution in [3.63, 3.8) is 0 Å². The molecule has 4 heteroatoms. The van der Waals surface area contributed by atoms with Crippen molar-refractivity contribution >= 4 is 17.5 Å². The van der Waals surface area contributed by atoms with E-state index in [1.54, 1.807) is 0 Å². The molecule has 0 aromatic heterocycles. The van der Waals surface area contributed by atoms with Gasteiger partial charge in [0.1, 0.15) is 0 Å². The van der Waals surface area contributed by atoms with E-state index in [-0.39, 0.29) is 17.9 Å². The van der Waals surface area contributed by atoms with E-state index in [9.17, 15) is 4.79 Å². The van der Waals surface area contributed by atoms with Crippen molar-refractivity contribution < 1.29 is 4.79 Å². The van der Waals surface area contributed by atoms with E-state index < -0.39 is 0 Å². The molecule has 2 atom stereocenters. The number of carbonyl (C=O) groups is 1. The number of halogens is 1. The van der Waals surface area contributed by atoms with Gasteiger partial charge in [0.25, 0.3) is 0 Å².